The average molecular weight is 185 g/mol. The third kappa shape index (κ3) is 2.96. The van der Waals surface area contributed by atoms with Crippen molar-refractivity contribution < 1.29 is 5.11 Å². The molecule has 78 valence electrons. The quantitative estimate of drug-likeness (QED) is 0.724. The third-order valence-corrected chi connectivity index (χ3v) is 3.48. The van der Waals surface area contributed by atoms with Gasteiger partial charge in [-0.15, -0.1) is 0 Å². The van der Waals surface area contributed by atoms with Gasteiger partial charge in [0.15, 0.2) is 0 Å². The maximum atomic E-state index is 8.75. The van der Waals surface area contributed by atoms with E-state index in [0.29, 0.717) is 12.0 Å². The Labute approximate surface area is 81.9 Å². The zero-order valence-electron chi connectivity index (χ0n) is 9.21. The lowest BCUT2D eigenvalue weighted by molar-refractivity contribution is 0.0607. The lowest BCUT2D eigenvalue weighted by atomic mass is 9.75. The first kappa shape index (κ1) is 11.0. The summed E-state index contributed by atoms with van der Waals surface area (Å²) in [6.07, 6.45) is 2.23. The topological polar surface area (TPSA) is 23.5 Å². The molecule has 0 aliphatic carbocycles. The largest absolute Gasteiger partial charge is 0.396 e. The van der Waals surface area contributed by atoms with Gasteiger partial charge in [0.1, 0.15) is 0 Å². The van der Waals surface area contributed by atoms with Gasteiger partial charge in [-0.05, 0) is 30.7 Å². The van der Waals surface area contributed by atoms with E-state index in [4.69, 9.17) is 5.11 Å². The maximum absolute atomic E-state index is 8.75. The van der Waals surface area contributed by atoms with Gasteiger partial charge in [0.2, 0.25) is 0 Å². The highest BCUT2D eigenvalue weighted by Gasteiger charge is 2.32. The van der Waals surface area contributed by atoms with Gasteiger partial charge < -0.3 is 10.0 Å². The molecule has 0 aromatic rings. The summed E-state index contributed by atoms with van der Waals surface area (Å²) in [4.78, 5) is 2.48. The van der Waals surface area contributed by atoms with Crippen molar-refractivity contribution in [2.24, 2.45) is 11.3 Å². The van der Waals surface area contributed by atoms with E-state index in [9.17, 15) is 0 Å². The van der Waals surface area contributed by atoms with Crippen molar-refractivity contribution in [1.82, 2.24) is 4.90 Å². The van der Waals surface area contributed by atoms with Gasteiger partial charge in [0, 0.05) is 19.7 Å². The normalized spacial score (nSPS) is 29.1. The molecule has 1 saturated heterocycles. The summed E-state index contributed by atoms with van der Waals surface area (Å²) in [7, 11) is 0. The van der Waals surface area contributed by atoms with Crippen LogP contribution in [0.15, 0.2) is 0 Å². The molecule has 0 bridgehead atoms. The van der Waals surface area contributed by atoms with Crippen molar-refractivity contribution in [2.75, 3.05) is 26.2 Å². The molecule has 0 amide bonds. The molecule has 0 aromatic heterocycles. The van der Waals surface area contributed by atoms with E-state index < -0.39 is 0 Å². The van der Waals surface area contributed by atoms with Crippen LogP contribution in [0.2, 0.25) is 0 Å². The van der Waals surface area contributed by atoms with Crippen molar-refractivity contribution in [2.45, 2.75) is 33.6 Å². The van der Waals surface area contributed by atoms with Crippen molar-refractivity contribution in [3.05, 3.63) is 0 Å². The van der Waals surface area contributed by atoms with Gasteiger partial charge >= 0.3 is 0 Å². The molecule has 0 saturated carbocycles. The minimum absolute atomic E-state index is 0.326. The van der Waals surface area contributed by atoms with Crippen molar-refractivity contribution >= 4 is 0 Å². The van der Waals surface area contributed by atoms with Crippen LogP contribution < -0.4 is 0 Å². The zero-order valence-corrected chi connectivity index (χ0v) is 9.21. The number of rotatable bonds is 3. The standard InChI is InChI=1S/C11H23NO/c1-10-5-7-12(6-4-8-13)9-11(10,2)3/h10,13H,4-9H2,1-3H3. The summed E-state index contributed by atoms with van der Waals surface area (Å²) in [6, 6.07) is 0. The molecule has 1 atom stereocenters. The second-order valence-electron chi connectivity index (χ2n) is 5.03. The van der Waals surface area contributed by atoms with Crippen LogP contribution in [-0.2, 0) is 0 Å². The molecule has 1 fully saturated rings. The Morgan fingerprint density at radius 2 is 2.15 bits per heavy atom. The Balaban J connectivity index is 2.37. The molecular weight excluding hydrogens is 162 g/mol. The number of hydrogen-bond donors (Lipinski definition) is 1. The van der Waals surface area contributed by atoms with Gasteiger partial charge in [-0.3, -0.25) is 0 Å². The van der Waals surface area contributed by atoms with Crippen LogP contribution in [0, 0.1) is 11.3 Å². The summed E-state index contributed by atoms with van der Waals surface area (Å²) in [5.41, 5.74) is 0.452. The van der Waals surface area contributed by atoms with Crippen LogP contribution in [0.25, 0.3) is 0 Å². The maximum Gasteiger partial charge on any atom is 0.0443 e. The van der Waals surface area contributed by atoms with Crippen LogP contribution in [-0.4, -0.2) is 36.2 Å². The van der Waals surface area contributed by atoms with Crippen LogP contribution in [0.5, 0.6) is 0 Å². The highest BCUT2D eigenvalue weighted by molar-refractivity contribution is 4.84. The van der Waals surface area contributed by atoms with E-state index in [1.54, 1.807) is 0 Å². The molecule has 2 heteroatoms. The second-order valence-corrected chi connectivity index (χ2v) is 5.03. The van der Waals surface area contributed by atoms with E-state index in [1.807, 2.05) is 0 Å². The molecule has 1 aliphatic rings. The summed E-state index contributed by atoms with van der Waals surface area (Å²) >= 11 is 0. The number of nitrogens with zero attached hydrogens (tertiary/aromatic N) is 1. The zero-order chi connectivity index (χ0) is 9.90. The van der Waals surface area contributed by atoms with Gasteiger partial charge in [-0.1, -0.05) is 20.8 Å². The molecule has 1 N–H and O–H groups in total. The van der Waals surface area contributed by atoms with E-state index >= 15 is 0 Å². The predicted octanol–water partition coefficient (Wildman–Crippen LogP) is 1.74. The first-order valence-electron chi connectivity index (χ1n) is 5.39. The van der Waals surface area contributed by atoms with Gasteiger partial charge in [-0.25, -0.2) is 0 Å². The first-order valence-corrected chi connectivity index (χ1v) is 5.39. The number of piperidine rings is 1. The third-order valence-electron chi connectivity index (χ3n) is 3.48. The molecule has 1 heterocycles. The molecule has 2 nitrogen and oxygen atoms in total. The summed E-state index contributed by atoms with van der Waals surface area (Å²) in [6.45, 7) is 10.8. The lowest BCUT2D eigenvalue weighted by Crippen LogP contribution is -2.45. The molecule has 1 rings (SSSR count). The number of hydrogen-bond acceptors (Lipinski definition) is 2. The van der Waals surface area contributed by atoms with Gasteiger partial charge in [0.25, 0.3) is 0 Å². The Kier molecular flexibility index (Phi) is 3.74. The van der Waals surface area contributed by atoms with Crippen molar-refractivity contribution in [3.63, 3.8) is 0 Å². The van der Waals surface area contributed by atoms with Crippen molar-refractivity contribution in [1.29, 1.82) is 0 Å². The first-order chi connectivity index (χ1) is 6.06. The highest BCUT2D eigenvalue weighted by atomic mass is 16.3. The predicted molar refractivity (Wildman–Crippen MR) is 55.7 cm³/mol. The number of aliphatic hydroxyl groups is 1. The van der Waals surface area contributed by atoms with Crippen LogP contribution >= 0.6 is 0 Å². The Hall–Kier alpha value is -0.0800. The SMILES string of the molecule is CC1CCN(CCCO)CC1(C)C. The smallest absolute Gasteiger partial charge is 0.0443 e. The van der Waals surface area contributed by atoms with E-state index in [0.717, 1.165) is 18.9 Å². The van der Waals surface area contributed by atoms with E-state index in [1.165, 1.54) is 19.5 Å². The van der Waals surface area contributed by atoms with E-state index in [-0.39, 0.29) is 0 Å². The molecule has 13 heavy (non-hydrogen) atoms. The molecular formula is C11H23NO. The molecule has 1 unspecified atom stereocenters. The molecule has 0 aromatic carbocycles. The molecule has 1 aliphatic heterocycles. The van der Waals surface area contributed by atoms with Crippen LogP contribution in [0.3, 0.4) is 0 Å². The average Bonchev–Trinajstić information content (AvgIpc) is 2.07. The Morgan fingerprint density at radius 3 is 2.69 bits per heavy atom. The highest BCUT2D eigenvalue weighted by Crippen LogP contribution is 2.34. The van der Waals surface area contributed by atoms with Crippen LogP contribution in [0.4, 0.5) is 0 Å². The summed E-state index contributed by atoms with van der Waals surface area (Å²) < 4.78 is 0. The van der Waals surface area contributed by atoms with Crippen LogP contribution in [0.1, 0.15) is 33.6 Å². The number of likely N-dealkylation sites (tertiary alicyclic amines) is 1. The van der Waals surface area contributed by atoms with E-state index in [2.05, 4.69) is 25.7 Å². The Morgan fingerprint density at radius 1 is 1.46 bits per heavy atom. The molecule has 0 radical (unpaired) electrons. The lowest BCUT2D eigenvalue weighted by Gasteiger charge is -2.43. The van der Waals surface area contributed by atoms with Crippen molar-refractivity contribution in [3.8, 4) is 0 Å². The van der Waals surface area contributed by atoms with Gasteiger partial charge in [0.05, 0.1) is 0 Å². The fourth-order valence-electron chi connectivity index (χ4n) is 2.06. The number of aliphatic hydroxyl groups excluding tert-OH is 1. The summed E-state index contributed by atoms with van der Waals surface area (Å²) in [5, 5.41) is 8.75. The fourth-order valence-corrected chi connectivity index (χ4v) is 2.06. The minimum atomic E-state index is 0.326. The monoisotopic (exact) mass is 185 g/mol. The fraction of sp³-hybridized carbons (Fsp3) is 1.00. The second kappa shape index (κ2) is 4.43. The Bertz CT molecular complexity index is 154. The van der Waals surface area contributed by atoms with Gasteiger partial charge in [-0.2, -0.15) is 0 Å². The molecule has 0 spiro atoms. The summed E-state index contributed by atoms with van der Waals surface area (Å²) in [5.74, 6) is 0.831. The minimum Gasteiger partial charge on any atom is -0.396 e.